The van der Waals surface area contributed by atoms with E-state index >= 15 is 0 Å². The summed E-state index contributed by atoms with van der Waals surface area (Å²) >= 11 is 0. The van der Waals surface area contributed by atoms with Crippen LogP contribution in [0.3, 0.4) is 0 Å². The number of carbonyl (C=O) groups is 2. The maximum Gasteiger partial charge on any atom is 0.253 e. The SMILES string of the molecule is Cc1ccc(OCCCC(=O)Nc2ccccc2C(=O)NC2CCCCC2)cc1. The van der Waals surface area contributed by atoms with Crippen molar-refractivity contribution in [2.24, 2.45) is 0 Å². The van der Waals surface area contributed by atoms with Crippen molar-refractivity contribution >= 4 is 17.5 Å². The minimum absolute atomic E-state index is 0.115. The minimum atomic E-state index is -0.115. The third-order valence-corrected chi connectivity index (χ3v) is 5.22. The Balaban J connectivity index is 1.47. The second-order valence-electron chi connectivity index (χ2n) is 7.67. The van der Waals surface area contributed by atoms with E-state index in [4.69, 9.17) is 4.74 Å². The summed E-state index contributed by atoms with van der Waals surface area (Å²) in [6.07, 6.45) is 6.57. The molecule has 2 aromatic rings. The number of rotatable bonds is 8. The second kappa shape index (κ2) is 10.6. The summed E-state index contributed by atoms with van der Waals surface area (Å²) in [6.45, 7) is 2.50. The largest absolute Gasteiger partial charge is 0.494 e. The van der Waals surface area contributed by atoms with Crippen LogP contribution >= 0.6 is 0 Å². The van der Waals surface area contributed by atoms with Gasteiger partial charge in [0, 0.05) is 12.5 Å². The van der Waals surface area contributed by atoms with E-state index in [0.29, 0.717) is 30.7 Å². The molecule has 0 aliphatic heterocycles. The third-order valence-electron chi connectivity index (χ3n) is 5.22. The number of carbonyl (C=O) groups excluding carboxylic acids is 2. The number of hydrogen-bond acceptors (Lipinski definition) is 3. The van der Waals surface area contributed by atoms with Gasteiger partial charge in [-0.25, -0.2) is 0 Å². The fourth-order valence-electron chi connectivity index (χ4n) is 3.57. The fraction of sp³-hybridized carbons (Fsp3) is 0.417. The molecule has 1 aliphatic rings. The molecule has 0 bridgehead atoms. The summed E-state index contributed by atoms with van der Waals surface area (Å²) in [5.74, 6) is 0.576. The van der Waals surface area contributed by atoms with E-state index in [1.54, 1.807) is 12.1 Å². The standard InChI is InChI=1S/C24H30N2O3/c1-18-13-15-20(16-14-18)29-17-7-12-23(27)26-22-11-6-5-10-21(22)24(28)25-19-8-3-2-4-9-19/h5-6,10-11,13-16,19H,2-4,7-9,12,17H2,1H3,(H,25,28)(H,26,27). The van der Waals surface area contributed by atoms with Gasteiger partial charge in [0.25, 0.3) is 5.91 Å². The van der Waals surface area contributed by atoms with Crippen molar-refractivity contribution in [1.29, 1.82) is 0 Å². The smallest absolute Gasteiger partial charge is 0.253 e. The lowest BCUT2D eigenvalue weighted by Gasteiger charge is -2.23. The molecule has 0 saturated heterocycles. The van der Waals surface area contributed by atoms with Crippen molar-refractivity contribution in [1.82, 2.24) is 5.32 Å². The van der Waals surface area contributed by atoms with Crippen LogP contribution in [0.1, 0.15) is 60.9 Å². The quantitative estimate of drug-likeness (QED) is 0.629. The van der Waals surface area contributed by atoms with Gasteiger partial charge in [0.1, 0.15) is 5.75 Å². The Labute approximate surface area is 172 Å². The summed E-state index contributed by atoms with van der Waals surface area (Å²) in [7, 11) is 0. The summed E-state index contributed by atoms with van der Waals surface area (Å²) < 4.78 is 5.66. The molecule has 2 amide bonds. The zero-order chi connectivity index (χ0) is 20.5. The Kier molecular flexibility index (Phi) is 7.68. The number of ether oxygens (including phenoxy) is 1. The normalized spacial score (nSPS) is 14.2. The van der Waals surface area contributed by atoms with E-state index in [2.05, 4.69) is 10.6 Å². The van der Waals surface area contributed by atoms with Gasteiger partial charge in [0.15, 0.2) is 0 Å². The molecule has 0 unspecified atom stereocenters. The van der Waals surface area contributed by atoms with Crippen LogP contribution in [0.5, 0.6) is 5.75 Å². The predicted octanol–water partition coefficient (Wildman–Crippen LogP) is 4.86. The number of para-hydroxylation sites is 1. The van der Waals surface area contributed by atoms with E-state index in [9.17, 15) is 9.59 Å². The highest BCUT2D eigenvalue weighted by molar-refractivity contribution is 6.03. The van der Waals surface area contributed by atoms with E-state index in [1.165, 1.54) is 12.0 Å². The number of nitrogens with one attached hydrogen (secondary N) is 2. The van der Waals surface area contributed by atoms with Crippen molar-refractivity contribution in [2.75, 3.05) is 11.9 Å². The van der Waals surface area contributed by atoms with Crippen LogP contribution in [0, 0.1) is 6.92 Å². The molecule has 2 aromatic carbocycles. The van der Waals surface area contributed by atoms with Crippen LogP contribution in [0.2, 0.25) is 0 Å². The van der Waals surface area contributed by atoms with Gasteiger partial charge < -0.3 is 15.4 Å². The van der Waals surface area contributed by atoms with Crippen LogP contribution in [-0.2, 0) is 4.79 Å². The molecule has 5 heteroatoms. The van der Waals surface area contributed by atoms with E-state index in [0.717, 1.165) is 31.4 Å². The van der Waals surface area contributed by atoms with Gasteiger partial charge >= 0.3 is 0 Å². The highest BCUT2D eigenvalue weighted by Crippen LogP contribution is 2.20. The Morgan fingerprint density at radius 2 is 1.72 bits per heavy atom. The number of anilines is 1. The van der Waals surface area contributed by atoms with Crippen LogP contribution < -0.4 is 15.4 Å². The summed E-state index contributed by atoms with van der Waals surface area (Å²) in [6, 6.07) is 15.3. The summed E-state index contributed by atoms with van der Waals surface area (Å²) in [5, 5.41) is 5.99. The van der Waals surface area contributed by atoms with Crippen molar-refractivity contribution in [3.63, 3.8) is 0 Å². The van der Waals surface area contributed by atoms with Gasteiger partial charge in [0.2, 0.25) is 5.91 Å². The lowest BCUT2D eigenvalue weighted by atomic mass is 9.95. The number of hydrogen-bond donors (Lipinski definition) is 2. The highest BCUT2D eigenvalue weighted by atomic mass is 16.5. The Hall–Kier alpha value is -2.82. The highest BCUT2D eigenvalue weighted by Gasteiger charge is 2.19. The zero-order valence-electron chi connectivity index (χ0n) is 17.1. The van der Waals surface area contributed by atoms with Crippen LogP contribution in [0.4, 0.5) is 5.69 Å². The van der Waals surface area contributed by atoms with Crippen LogP contribution in [0.25, 0.3) is 0 Å². The topological polar surface area (TPSA) is 67.4 Å². The number of benzene rings is 2. The van der Waals surface area contributed by atoms with Crippen molar-refractivity contribution < 1.29 is 14.3 Å². The average molecular weight is 395 g/mol. The molecule has 0 atom stereocenters. The molecule has 1 aliphatic carbocycles. The Morgan fingerprint density at radius 3 is 2.48 bits per heavy atom. The molecular formula is C24H30N2O3. The monoisotopic (exact) mass is 394 g/mol. The maximum atomic E-state index is 12.7. The lowest BCUT2D eigenvalue weighted by Crippen LogP contribution is -2.36. The molecular weight excluding hydrogens is 364 g/mol. The molecule has 0 heterocycles. The molecule has 1 fully saturated rings. The third kappa shape index (κ3) is 6.63. The first-order valence-electron chi connectivity index (χ1n) is 10.5. The maximum absolute atomic E-state index is 12.7. The lowest BCUT2D eigenvalue weighted by molar-refractivity contribution is -0.116. The first-order chi connectivity index (χ1) is 14.1. The van der Waals surface area contributed by atoms with Crippen molar-refractivity contribution in [3.05, 3.63) is 59.7 Å². The average Bonchev–Trinajstić information content (AvgIpc) is 2.73. The first-order valence-corrected chi connectivity index (χ1v) is 10.5. The molecule has 0 spiro atoms. The van der Waals surface area contributed by atoms with Crippen molar-refractivity contribution in [3.8, 4) is 5.75 Å². The van der Waals surface area contributed by atoms with Crippen LogP contribution in [0.15, 0.2) is 48.5 Å². The van der Waals surface area contributed by atoms with Gasteiger partial charge in [-0.3, -0.25) is 9.59 Å². The molecule has 3 rings (SSSR count). The van der Waals surface area contributed by atoms with E-state index in [1.807, 2.05) is 43.3 Å². The molecule has 2 N–H and O–H groups in total. The Bertz CT molecular complexity index is 811. The molecule has 29 heavy (non-hydrogen) atoms. The molecule has 1 saturated carbocycles. The molecule has 0 aromatic heterocycles. The minimum Gasteiger partial charge on any atom is -0.494 e. The molecule has 5 nitrogen and oxygen atoms in total. The molecule has 0 radical (unpaired) electrons. The van der Waals surface area contributed by atoms with E-state index < -0.39 is 0 Å². The summed E-state index contributed by atoms with van der Waals surface area (Å²) in [5.41, 5.74) is 2.26. The van der Waals surface area contributed by atoms with Gasteiger partial charge in [-0.2, -0.15) is 0 Å². The molecule has 154 valence electrons. The predicted molar refractivity (Wildman–Crippen MR) is 115 cm³/mol. The van der Waals surface area contributed by atoms with Gasteiger partial charge in [-0.15, -0.1) is 0 Å². The fourth-order valence-corrected chi connectivity index (χ4v) is 3.57. The van der Waals surface area contributed by atoms with Gasteiger partial charge in [-0.05, 0) is 50.5 Å². The first kappa shape index (κ1) is 20.9. The number of amides is 2. The van der Waals surface area contributed by atoms with Gasteiger partial charge in [-0.1, -0.05) is 49.1 Å². The summed E-state index contributed by atoms with van der Waals surface area (Å²) in [4.78, 5) is 25.0. The van der Waals surface area contributed by atoms with Crippen molar-refractivity contribution in [2.45, 2.75) is 57.9 Å². The van der Waals surface area contributed by atoms with E-state index in [-0.39, 0.29) is 17.9 Å². The van der Waals surface area contributed by atoms with Crippen LogP contribution in [-0.4, -0.2) is 24.5 Å². The Morgan fingerprint density at radius 1 is 1.00 bits per heavy atom. The zero-order valence-corrected chi connectivity index (χ0v) is 17.1. The number of aryl methyl sites for hydroxylation is 1. The van der Waals surface area contributed by atoms with Gasteiger partial charge in [0.05, 0.1) is 17.9 Å². The second-order valence-corrected chi connectivity index (χ2v) is 7.67.